The fourth-order valence-corrected chi connectivity index (χ4v) is 3.73. The largest absolute Gasteiger partial charge is 0.493 e. The molecule has 2 aromatic heterocycles. The molecule has 2 aromatic carbocycles. The van der Waals surface area contributed by atoms with Crippen molar-refractivity contribution in [2.75, 3.05) is 6.61 Å². The van der Waals surface area contributed by atoms with Crippen LogP contribution in [0.1, 0.15) is 28.4 Å². The summed E-state index contributed by atoms with van der Waals surface area (Å²) in [4.78, 5) is 24.9. The number of carbonyl (C=O) groups excluding carboxylic acids is 1. The van der Waals surface area contributed by atoms with E-state index in [9.17, 15) is 4.79 Å². The quantitative estimate of drug-likeness (QED) is 0.525. The molecule has 3 heterocycles. The van der Waals surface area contributed by atoms with Crippen LogP contribution in [0.3, 0.4) is 0 Å². The van der Waals surface area contributed by atoms with E-state index in [1.807, 2.05) is 36.4 Å². The van der Waals surface area contributed by atoms with Gasteiger partial charge in [-0.05, 0) is 48.5 Å². The minimum Gasteiger partial charge on any atom is -0.493 e. The van der Waals surface area contributed by atoms with E-state index in [2.05, 4.69) is 20.3 Å². The molecule has 0 bridgehead atoms. The molecule has 144 valence electrons. The number of rotatable bonds is 3. The van der Waals surface area contributed by atoms with Crippen LogP contribution in [0.15, 0.2) is 60.9 Å². The molecule has 0 radical (unpaired) electrons. The van der Waals surface area contributed by atoms with Crippen molar-refractivity contribution in [3.8, 4) is 17.1 Å². The van der Waals surface area contributed by atoms with E-state index in [1.165, 1.54) is 0 Å². The maximum Gasteiger partial charge on any atom is 0.251 e. The topological polar surface area (TPSA) is 79.9 Å². The van der Waals surface area contributed by atoms with Crippen LogP contribution in [0.25, 0.3) is 22.4 Å². The van der Waals surface area contributed by atoms with Gasteiger partial charge in [-0.1, -0.05) is 11.6 Å². The van der Waals surface area contributed by atoms with Crippen LogP contribution in [0, 0.1) is 0 Å². The molecule has 1 aliphatic rings. The first-order chi connectivity index (χ1) is 14.2. The standard InChI is InChI=1S/C22H17ClN4O2/c23-15-4-6-20-16(11-15)17(7-9-29-20)27-22(28)13-3-5-18-19(10-13)26-21(25-18)14-2-1-8-24-12-14/h1-6,8,10-12,17H,7,9H2,(H,25,26)(H,27,28)/t17-/m0/s1. The minimum atomic E-state index is -0.151. The molecule has 0 unspecified atom stereocenters. The average Bonchev–Trinajstić information content (AvgIpc) is 3.18. The molecule has 1 atom stereocenters. The van der Waals surface area contributed by atoms with Crippen molar-refractivity contribution >= 4 is 28.5 Å². The number of hydrogen-bond donors (Lipinski definition) is 2. The van der Waals surface area contributed by atoms with E-state index in [1.54, 1.807) is 24.5 Å². The molecule has 4 aromatic rings. The van der Waals surface area contributed by atoms with Crippen molar-refractivity contribution in [1.82, 2.24) is 20.3 Å². The SMILES string of the molecule is O=C(N[C@H]1CCOc2ccc(Cl)cc21)c1ccc2nc(-c3cccnc3)[nH]c2c1. The van der Waals surface area contributed by atoms with Gasteiger partial charge in [0.15, 0.2) is 0 Å². The highest BCUT2D eigenvalue weighted by molar-refractivity contribution is 6.30. The van der Waals surface area contributed by atoms with Crippen molar-refractivity contribution in [3.63, 3.8) is 0 Å². The number of aromatic amines is 1. The van der Waals surface area contributed by atoms with Gasteiger partial charge >= 0.3 is 0 Å². The van der Waals surface area contributed by atoms with E-state index < -0.39 is 0 Å². The Kier molecular flexibility index (Phi) is 4.41. The third kappa shape index (κ3) is 3.43. The molecule has 1 aliphatic heterocycles. The lowest BCUT2D eigenvalue weighted by Gasteiger charge is -2.27. The Morgan fingerprint density at radius 1 is 1.21 bits per heavy atom. The maximum atomic E-state index is 12.9. The molecular weight excluding hydrogens is 388 g/mol. The van der Waals surface area contributed by atoms with Crippen LogP contribution in [0.5, 0.6) is 5.75 Å². The Bertz CT molecular complexity index is 1210. The molecule has 6 nitrogen and oxygen atoms in total. The second-order valence-electron chi connectivity index (χ2n) is 6.90. The number of H-pyrrole nitrogens is 1. The fraction of sp³-hybridized carbons (Fsp3) is 0.136. The second-order valence-corrected chi connectivity index (χ2v) is 7.34. The Balaban J connectivity index is 1.41. The number of pyridine rings is 1. The zero-order chi connectivity index (χ0) is 19.8. The first-order valence-electron chi connectivity index (χ1n) is 9.31. The van der Waals surface area contributed by atoms with Crippen LogP contribution in [0.4, 0.5) is 0 Å². The second kappa shape index (κ2) is 7.22. The van der Waals surface area contributed by atoms with Gasteiger partial charge in [-0.15, -0.1) is 0 Å². The van der Waals surface area contributed by atoms with Crippen molar-refractivity contribution in [2.24, 2.45) is 0 Å². The summed E-state index contributed by atoms with van der Waals surface area (Å²) in [5.41, 5.74) is 3.95. The highest BCUT2D eigenvalue weighted by Crippen LogP contribution is 2.34. The predicted octanol–water partition coefficient (Wildman–Crippen LogP) is 4.53. The zero-order valence-corrected chi connectivity index (χ0v) is 16.1. The number of fused-ring (bicyclic) bond motifs is 2. The summed E-state index contributed by atoms with van der Waals surface area (Å²) in [7, 11) is 0. The third-order valence-electron chi connectivity index (χ3n) is 5.00. The van der Waals surface area contributed by atoms with Gasteiger partial charge < -0.3 is 15.0 Å². The highest BCUT2D eigenvalue weighted by atomic mass is 35.5. The Labute approximate surface area is 171 Å². The van der Waals surface area contributed by atoms with Gasteiger partial charge in [0.05, 0.1) is 23.7 Å². The summed E-state index contributed by atoms with van der Waals surface area (Å²) in [6.07, 6.45) is 4.16. The molecule has 29 heavy (non-hydrogen) atoms. The Morgan fingerprint density at radius 3 is 3.00 bits per heavy atom. The number of nitrogens with one attached hydrogen (secondary N) is 2. The summed E-state index contributed by atoms with van der Waals surface area (Å²) in [6.45, 7) is 0.549. The van der Waals surface area contributed by atoms with Crippen LogP contribution < -0.4 is 10.1 Å². The first kappa shape index (κ1) is 17.7. The number of benzene rings is 2. The van der Waals surface area contributed by atoms with Gasteiger partial charge in [-0.2, -0.15) is 0 Å². The summed E-state index contributed by atoms with van der Waals surface area (Å²) in [6, 6.07) is 14.6. The van der Waals surface area contributed by atoms with E-state index >= 15 is 0 Å². The molecule has 0 saturated heterocycles. The van der Waals surface area contributed by atoms with Gasteiger partial charge in [0, 0.05) is 40.5 Å². The number of nitrogens with zero attached hydrogens (tertiary/aromatic N) is 2. The van der Waals surface area contributed by atoms with E-state index in [-0.39, 0.29) is 11.9 Å². The number of hydrogen-bond acceptors (Lipinski definition) is 4. The summed E-state index contributed by atoms with van der Waals surface area (Å²) in [5, 5.41) is 3.72. The fourth-order valence-electron chi connectivity index (χ4n) is 3.55. The molecule has 0 saturated carbocycles. The van der Waals surface area contributed by atoms with Gasteiger partial charge in [0.1, 0.15) is 11.6 Å². The van der Waals surface area contributed by atoms with Crippen molar-refractivity contribution in [3.05, 3.63) is 77.1 Å². The molecule has 5 rings (SSSR count). The number of ether oxygens (including phenoxy) is 1. The van der Waals surface area contributed by atoms with Crippen LogP contribution in [0.2, 0.25) is 5.02 Å². The molecule has 0 spiro atoms. The zero-order valence-electron chi connectivity index (χ0n) is 15.4. The minimum absolute atomic E-state index is 0.145. The lowest BCUT2D eigenvalue weighted by molar-refractivity contribution is 0.0925. The van der Waals surface area contributed by atoms with Gasteiger partial charge in [0.2, 0.25) is 0 Å². The highest BCUT2D eigenvalue weighted by Gasteiger charge is 2.24. The number of amides is 1. The van der Waals surface area contributed by atoms with Gasteiger partial charge in [0.25, 0.3) is 5.91 Å². The number of imidazole rings is 1. The smallest absolute Gasteiger partial charge is 0.251 e. The molecule has 7 heteroatoms. The predicted molar refractivity (Wildman–Crippen MR) is 111 cm³/mol. The van der Waals surface area contributed by atoms with E-state index in [4.69, 9.17) is 16.3 Å². The van der Waals surface area contributed by atoms with Crippen molar-refractivity contribution in [2.45, 2.75) is 12.5 Å². The van der Waals surface area contributed by atoms with Crippen molar-refractivity contribution in [1.29, 1.82) is 0 Å². The number of aromatic nitrogens is 3. The van der Waals surface area contributed by atoms with E-state index in [0.29, 0.717) is 23.6 Å². The monoisotopic (exact) mass is 404 g/mol. The lowest BCUT2D eigenvalue weighted by Crippen LogP contribution is -2.32. The van der Waals surface area contributed by atoms with Gasteiger partial charge in [-0.25, -0.2) is 4.98 Å². The normalized spacial score (nSPS) is 15.6. The lowest BCUT2D eigenvalue weighted by atomic mass is 10.00. The third-order valence-corrected chi connectivity index (χ3v) is 5.23. The average molecular weight is 405 g/mol. The maximum absolute atomic E-state index is 12.9. The number of halogens is 1. The molecule has 0 aliphatic carbocycles. The van der Waals surface area contributed by atoms with Gasteiger partial charge in [-0.3, -0.25) is 9.78 Å². The van der Waals surface area contributed by atoms with Crippen molar-refractivity contribution < 1.29 is 9.53 Å². The van der Waals surface area contributed by atoms with E-state index in [0.717, 1.165) is 33.7 Å². The van der Waals surface area contributed by atoms with Crippen LogP contribution in [-0.2, 0) is 0 Å². The summed E-state index contributed by atoms with van der Waals surface area (Å²) < 4.78 is 5.67. The summed E-state index contributed by atoms with van der Waals surface area (Å²) in [5.74, 6) is 1.33. The molecule has 2 N–H and O–H groups in total. The summed E-state index contributed by atoms with van der Waals surface area (Å²) >= 11 is 6.13. The molecule has 1 amide bonds. The Hall–Kier alpha value is -3.38. The molecule has 0 fully saturated rings. The number of carbonyl (C=O) groups is 1. The Morgan fingerprint density at radius 2 is 2.14 bits per heavy atom. The molecular formula is C22H17ClN4O2. The first-order valence-corrected chi connectivity index (χ1v) is 9.68. The van der Waals surface area contributed by atoms with Crippen LogP contribution in [-0.4, -0.2) is 27.5 Å². The van der Waals surface area contributed by atoms with Crippen LogP contribution >= 0.6 is 11.6 Å².